The average molecular weight is 362 g/mol. The van der Waals surface area contributed by atoms with Crippen LogP contribution < -0.4 is 0 Å². The van der Waals surface area contributed by atoms with Gasteiger partial charge in [-0.1, -0.05) is 30.3 Å². The van der Waals surface area contributed by atoms with Gasteiger partial charge < -0.3 is 9.64 Å². The molecule has 0 fully saturated rings. The number of fused-ring (bicyclic) bond motifs is 1. The number of rotatable bonds is 4. The number of amides is 1. The Labute approximate surface area is 156 Å². The topological polar surface area (TPSA) is 77.3 Å². The molecule has 1 amide bonds. The molecule has 136 valence electrons. The predicted octanol–water partition coefficient (Wildman–Crippen LogP) is 2.14. The normalized spacial score (nSPS) is 12.7. The highest BCUT2D eigenvalue weighted by Crippen LogP contribution is 2.27. The van der Waals surface area contributed by atoms with Crippen molar-refractivity contribution in [3.05, 3.63) is 77.1 Å². The van der Waals surface area contributed by atoms with Crippen LogP contribution in [0, 0.1) is 0 Å². The van der Waals surface area contributed by atoms with E-state index in [0.29, 0.717) is 24.3 Å². The lowest BCUT2D eigenvalue weighted by Gasteiger charge is -2.14. The van der Waals surface area contributed by atoms with Crippen LogP contribution in [-0.4, -0.2) is 38.9 Å². The number of nitrogens with zero attached hydrogens (tertiary/aromatic N) is 4. The molecule has 0 unspecified atom stereocenters. The molecular weight excluding hydrogens is 344 g/mol. The second-order valence-corrected chi connectivity index (χ2v) is 6.32. The number of ether oxygens (including phenoxy) is 1. The second-order valence-electron chi connectivity index (χ2n) is 6.32. The van der Waals surface area contributed by atoms with Crippen LogP contribution in [0.1, 0.15) is 27.2 Å². The lowest BCUT2D eigenvalue weighted by atomic mass is 10.0. The first kappa shape index (κ1) is 17.0. The number of aromatic nitrogens is 3. The Morgan fingerprint density at radius 1 is 1.07 bits per heavy atom. The van der Waals surface area contributed by atoms with E-state index in [1.807, 2.05) is 42.5 Å². The lowest BCUT2D eigenvalue weighted by Crippen LogP contribution is -2.27. The standard InChI is InChI=1S/C20H18N4O3/c1-27-20(26)17-9-5-6-14-12-23(13-18(14)17)19(25)10-15-11-21-24(22-15)16-7-3-2-4-8-16/h2-9,11H,10,12-13H2,1H3. The van der Waals surface area contributed by atoms with Gasteiger partial charge in [-0.25, -0.2) is 4.79 Å². The highest BCUT2D eigenvalue weighted by atomic mass is 16.5. The number of carbonyl (C=O) groups excluding carboxylic acids is 2. The molecule has 7 heteroatoms. The van der Waals surface area contributed by atoms with Crippen LogP contribution in [0.3, 0.4) is 0 Å². The van der Waals surface area contributed by atoms with Crippen molar-refractivity contribution in [2.24, 2.45) is 0 Å². The molecule has 0 saturated heterocycles. The van der Waals surface area contributed by atoms with E-state index in [2.05, 4.69) is 10.2 Å². The van der Waals surface area contributed by atoms with E-state index < -0.39 is 0 Å². The number of para-hydroxylation sites is 1. The van der Waals surface area contributed by atoms with Crippen LogP contribution >= 0.6 is 0 Å². The molecule has 4 rings (SSSR count). The fraction of sp³-hybridized carbons (Fsp3) is 0.200. The Bertz CT molecular complexity index is 997. The van der Waals surface area contributed by atoms with Crippen molar-refractivity contribution in [2.45, 2.75) is 19.5 Å². The zero-order valence-electron chi connectivity index (χ0n) is 14.8. The smallest absolute Gasteiger partial charge is 0.338 e. The van der Waals surface area contributed by atoms with Crippen molar-refractivity contribution in [2.75, 3.05) is 7.11 Å². The number of benzene rings is 2. The summed E-state index contributed by atoms with van der Waals surface area (Å²) in [6, 6.07) is 15.0. The van der Waals surface area contributed by atoms with Gasteiger partial charge in [-0.15, -0.1) is 0 Å². The third kappa shape index (κ3) is 3.31. The van der Waals surface area contributed by atoms with Gasteiger partial charge in [-0.05, 0) is 29.3 Å². The van der Waals surface area contributed by atoms with E-state index in [-0.39, 0.29) is 18.3 Å². The van der Waals surface area contributed by atoms with Gasteiger partial charge in [0.1, 0.15) is 0 Å². The zero-order chi connectivity index (χ0) is 18.8. The van der Waals surface area contributed by atoms with Gasteiger partial charge in [0.15, 0.2) is 0 Å². The maximum absolute atomic E-state index is 12.7. The number of carbonyl (C=O) groups is 2. The fourth-order valence-electron chi connectivity index (χ4n) is 3.23. The monoisotopic (exact) mass is 362 g/mol. The van der Waals surface area contributed by atoms with Gasteiger partial charge in [0.05, 0.1) is 36.7 Å². The molecular formula is C20H18N4O3. The molecule has 3 aromatic rings. The summed E-state index contributed by atoms with van der Waals surface area (Å²) >= 11 is 0. The van der Waals surface area contributed by atoms with E-state index in [4.69, 9.17) is 4.74 Å². The van der Waals surface area contributed by atoms with Crippen LogP contribution in [0.5, 0.6) is 0 Å². The largest absolute Gasteiger partial charge is 0.465 e. The van der Waals surface area contributed by atoms with E-state index in [1.165, 1.54) is 11.9 Å². The third-order valence-corrected chi connectivity index (χ3v) is 4.60. The fourth-order valence-corrected chi connectivity index (χ4v) is 3.23. The summed E-state index contributed by atoms with van der Waals surface area (Å²) in [5.41, 5.74) is 3.78. The third-order valence-electron chi connectivity index (χ3n) is 4.60. The Kier molecular flexibility index (Phi) is 4.42. The van der Waals surface area contributed by atoms with E-state index in [0.717, 1.165) is 16.8 Å². The maximum Gasteiger partial charge on any atom is 0.338 e. The van der Waals surface area contributed by atoms with Crippen molar-refractivity contribution in [1.82, 2.24) is 19.9 Å². The van der Waals surface area contributed by atoms with Crippen LogP contribution in [-0.2, 0) is 29.0 Å². The zero-order valence-corrected chi connectivity index (χ0v) is 14.8. The molecule has 0 atom stereocenters. The minimum absolute atomic E-state index is 0.0536. The molecule has 0 aliphatic carbocycles. The summed E-state index contributed by atoms with van der Waals surface area (Å²) in [5, 5.41) is 8.61. The summed E-state index contributed by atoms with van der Waals surface area (Å²) in [6.45, 7) is 0.873. The SMILES string of the molecule is COC(=O)c1cccc2c1CN(C(=O)Cc1cnn(-c3ccccc3)n1)C2. The lowest BCUT2D eigenvalue weighted by molar-refractivity contribution is -0.131. The molecule has 0 bridgehead atoms. The van der Waals surface area contributed by atoms with Crippen LogP contribution in [0.4, 0.5) is 0 Å². The quantitative estimate of drug-likeness (QED) is 0.665. The molecule has 1 aliphatic heterocycles. The molecule has 27 heavy (non-hydrogen) atoms. The molecule has 1 aromatic heterocycles. The molecule has 7 nitrogen and oxygen atoms in total. The summed E-state index contributed by atoms with van der Waals surface area (Å²) in [4.78, 5) is 27.9. The minimum atomic E-state index is -0.382. The van der Waals surface area contributed by atoms with E-state index >= 15 is 0 Å². The number of hydrogen-bond acceptors (Lipinski definition) is 5. The average Bonchev–Trinajstić information content (AvgIpc) is 3.34. The van der Waals surface area contributed by atoms with Crippen molar-refractivity contribution in [3.8, 4) is 5.69 Å². The van der Waals surface area contributed by atoms with Gasteiger partial charge in [0, 0.05) is 13.1 Å². The van der Waals surface area contributed by atoms with Crippen LogP contribution in [0.15, 0.2) is 54.7 Å². The Balaban J connectivity index is 1.47. The van der Waals surface area contributed by atoms with Crippen LogP contribution in [0.2, 0.25) is 0 Å². The Morgan fingerprint density at radius 3 is 2.67 bits per heavy atom. The number of hydrogen-bond donors (Lipinski definition) is 0. The van der Waals surface area contributed by atoms with E-state index in [9.17, 15) is 9.59 Å². The first-order valence-electron chi connectivity index (χ1n) is 8.59. The van der Waals surface area contributed by atoms with Gasteiger partial charge in [0.2, 0.25) is 5.91 Å². The number of esters is 1. The molecule has 0 saturated carbocycles. The van der Waals surface area contributed by atoms with Gasteiger partial charge in [0.25, 0.3) is 0 Å². The number of methoxy groups -OCH3 is 1. The molecule has 2 heterocycles. The second kappa shape index (κ2) is 7.03. The van der Waals surface area contributed by atoms with E-state index in [1.54, 1.807) is 17.2 Å². The summed E-state index contributed by atoms with van der Waals surface area (Å²) in [7, 11) is 1.36. The molecule has 0 N–H and O–H groups in total. The van der Waals surface area contributed by atoms with Crippen molar-refractivity contribution < 1.29 is 14.3 Å². The highest BCUT2D eigenvalue weighted by Gasteiger charge is 2.28. The Hall–Kier alpha value is -3.48. The first-order chi connectivity index (χ1) is 13.2. The van der Waals surface area contributed by atoms with Crippen molar-refractivity contribution >= 4 is 11.9 Å². The molecule has 0 radical (unpaired) electrons. The predicted molar refractivity (Wildman–Crippen MR) is 97.1 cm³/mol. The molecule has 1 aliphatic rings. The van der Waals surface area contributed by atoms with Gasteiger partial charge in [-0.2, -0.15) is 15.0 Å². The summed E-state index contributed by atoms with van der Waals surface area (Å²) in [5.74, 6) is -0.436. The first-order valence-corrected chi connectivity index (χ1v) is 8.59. The molecule has 0 spiro atoms. The maximum atomic E-state index is 12.7. The minimum Gasteiger partial charge on any atom is -0.465 e. The highest BCUT2D eigenvalue weighted by molar-refractivity contribution is 5.92. The van der Waals surface area contributed by atoms with Crippen molar-refractivity contribution in [3.63, 3.8) is 0 Å². The Morgan fingerprint density at radius 2 is 1.89 bits per heavy atom. The van der Waals surface area contributed by atoms with Crippen molar-refractivity contribution in [1.29, 1.82) is 0 Å². The van der Waals surface area contributed by atoms with Gasteiger partial charge in [-0.3, -0.25) is 4.79 Å². The van der Waals surface area contributed by atoms with Gasteiger partial charge >= 0.3 is 5.97 Å². The molecule has 2 aromatic carbocycles. The summed E-state index contributed by atoms with van der Waals surface area (Å²) < 4.78 is 4.83. The van der Waals surface area contributed by atoms with Crippen LogP contribution in [0.25, 0.3) is 5.69 Å². The summed E-state index contributed by atoms with van der Waals surface area (Å²) in [6.07, 6.45) is 1.77.